The zero-order valence-corrected chi connectivity index (χ0v) is 16.2. The molecular formula is C20H18N4O3S. The third-order valence-corrected chi connectivity index (χ3v) is 5.62. The van der Waals surface area contributed by atoms with Gasteiger partial charge in [-0.2, -0.15) is 0 Å². The summed E-state index contributed by atoms with van der Waals surface area (Å²) in [7, 11) is 1.72. The minimum Gasteiger partial charge on any atom is -0.335 e. The number of fused-ring (bicyclic) bond motifs is 2. The number of nitrogens with one attached hydrogen (secondary N) is 1. The van der Waals surface area contributed by atoms with Crippen LogP contribution in [-0.2, 0) is 13.1 Å². The van der Waals surface area contributed by atoms with Gasteiger partial charge >= 0.3 is 11.1 Å². The molecule has 0 aliphatic carbocycles. The summed E-state index contributed by atoms with van der Waals surface area (Å²) in [6.45, 7) is 2.57. The third-order valence-electron chi connectivity index (χ3n) is 4.60. The van der Waals surface area contributed by atoms with Gasteiger partial charge in [-0.1, -0.05) is 12.1 Å². The first kappa shape index (κ1) is 18.1. The van der Waals surface area contributed by atoms with Crippen molar-refractivity contribution in [3.05, 3.63) is 73.7 Å². The number of aryl methyl sites for hydroxylation is 1. The molecule has 0 atom stereocenters. The lowest BCUT2D eigenvalue weighted by Gasteiger charge is -2.16. The third kappa shape index (κ3) is 3.11. The second-order valence-electron chi connectivity index (χ2n) is 6.47. The van der Waals surface area contributed by atoms with E-state index < -0.39 is 11.1 Å². The highest BCUT2D eigenvalue weighted by molar-refractivity contribution is 7.18. The number of carbonyl (C=O) groups is 1. The second kappa shape index (κ2) is 7.05. The topological polar surface area (TPSA) is 88.1 Å². The van der Waals surface area contributed by atoms with Gasteiger partial charge in [-0.3, -0.25) is 14.4 Å². The van der Waals surface area contributed by atoms with Crippen molar-refractivity contribution in [3.8, 4) is 0 Å². The van der Waals surface area contributed by atoms with E-state index in [1.54, 1.807) is 48.4 Å². The highest BCUT2D eigenvalue weighted by Gasteiger charge is 2.16. The van der Waals surface area contributed by atoms with Crippen LogP contribution in [0.15, 0.2) is 52.1 Å². The highest BCUT2D eigenvalue weighted by Crippen LogP contribution is 2.23. The number of nitrogens with zero attached hydrogens (tertiary/aromatic N) is 3. The number of hydrogen-bond acceptors (Lipinski definition) is 5. The Morgan fingerprint density at radius 3 is 2.75 bits per heavy atom. The van der Waals surface area contributed by atoms with Gasteiger partial charge in [-0.05, 0) is 37.3 Å². The van der Waals surface area contributed by atoms with Gasteiger partial charge in [-0.15, -0.1) is 11.3 Å². The van der Waals surface area contributed by atoms with E-state index in [0.717, 1.165) is 15.2 Å². The van der Waals surface area contributed by atoms with Crippen molar-refractivity contribution in [2.75, 3.05) is 7.05 Å². The first-order chi connectivity index (χ1) is 13.5. The van der Waals surface area contributed by atoms with Crippen molar-refractivity contribution >= 4 is 38.5 Å². The van der Waals surface area contributed by atoms with Crippen molar-refractivity contribution in [3.63, 3.8) is 0 Å². The Hall–Kier alpha value is -3.26. The van der Waals surface area contributed by atoms with E-state index in [9.17, 15) is 14.4 Å². The van der Waals surface area contributed by atoms with E-state index in [1.165, 1.54) is 4.57 Å². The average molecular weight is 394 g/mol. The lowest BCUT2D eigenvalue weighted by molar-refractivity contribution is 0.0785. The van der Waals surface area contributed by atoms with Gasteiger partial charge < -0.3 is 14.5 Å². The van der Waals surface area contributed by atoms with Crippen LogP contribution in [0.25, 0.3) is 21.3 Å². The van der Waals surface area contributed by atoms with Crippen LogP contribution >= 0.6 is 11.3 Å². The van der Waals surface area contributed by atoms with E-state index >= 15 is 0 Å². The summed E-state index contributed by atoms with van der Waals surface area (Å²) >= 11 is 1.56. The molecule has 0 saturated carbocycles. The van der Waals surface area contributed by atoms with Crippen LogP contribution < -0.4 is 11.1 Å². The molecule has 2 aromatic heterocycles. The molecule has 0 bridgehead atoms. The number of aromatic nitrogens is 3. The molecule has 2 heterocycles. The zero-order chi connectivity index (χ0) is 19.8. The van der Waals surface area contributed by atoms with Gasteiger partial charge in [0, 0.05) is 19.2 Å². The average Bonchev–Trinajstić information content (AvgIpc) is 3.10. The Bertz CT molecular complexity index is 1290. The van der Waals surface area contributed by atoms with Crippen molar-refractivity contribution in [1.29, 1.82) is 0 Å². The molecule has 0 spiro atoms. The molecule has 28 heavy (non-hydrogen) atoms. The molecule has 4 rings (SSSR count). The highest BCUT2D eigenvalue weighted by atomic mass is 32.1. The Morgan fingerprint density at radius 2 is 2.00 bits per heavy atom. The zero-order valence-electron chi connectivity index (χ0n) is 15.4. The fourth-order valence-corrected chi connectivity index (χ4v) is 4.23. The lowest BCUT2D eigenvalue weighted by atomic mass is 10.1. The molecule has 0 unspecified atom stereocenters. The Labute approximate surface area is 163 Å². The van der Waals surface area contributed by atoms with Crippen LogP contribution in [0, 0.1) is 0 Å². The van der Waals surface area contributed by atoms with Crippen molar-refractivity contribution in [1.82, 2.24) is 19.4 Å². The molecule has 7 nitrogen and oxygen atoms in total. The van der Waals surface area contributed by atoms with Gasteiger partial charge in [-0.25, -0.2) is 4.98 Å². The first-order valence-corrected chi connectivity index (χ1v) is 9.66. The van der Waals surface area contributed by atoms with Crippen LogP contribution in [0.3, 0.4) is 0 Å². The maximum Gasteiger partial charge on any atom is 0.316 e. The number of aromatic amines is 1. The molecular weight excluding hydrogens is 376 g/mol. The van der Waals surface area contributed by atoms with Gasteiger partial charge in [0.1, 0.15) is 5.01 Å². The van der Waals surface area contributed by atoms with Crippen molar-refractivity contribution in [2.24, 2.45) is 0 Å². The molecule has 8 heteroatoms. The molecule has 0 saturated heterocycles. The second-order valence-corrected chi connectivity index (χ2v) is 7.59. The summed E-state index contributed by atoms with van der Waals surface area (Å²) in [5, 5.41) is 0.853. The molecule has 142 valence electrons. The number of carbonyl (C=O) groups excluding carboxylic acids is 1. The van der Waals surface area contributed by atoms with Crippen LogP contribution in [0.1, 0.15) is 22.3 Å². The Morgan fingerprint density at radius 1 is 1.21 bits per heavy atom. The lowest BCUT2D eigenvalue weighted by Crippen LogP contribution is -2.36. The maximum atomic E-state index is 12.9. The molecule has 1 amide bonds. The smallest absolute Gasteiger partial charge is 0.316 e. The van der Waals surface area contributed by atoms with Crippen LogP contribution in [0.2, 0.25) is 0 Å². The summed E-state index contributed by atoms with van der Waals surface area (Å²) in [4.78, 5) is 45.4. The number of amides is 1. The van der Waals surface area contributed by atoms with Crippen LogP contribution in [0.5, 0.6) is 0 Å². The number of rotatable bonds is 4. The monoisotopic (exact) mass is 394 g/mol. The van der Waals surface area contributed by atoms with Crippen molar-refractivity contribution in [2.45, 2.75) is 20.0 Å². The summed E-state index contributed by atoms with van der Waals surface area (Å²) in [6, 6.07) is 12.8. The quantitative estimate of drug-likeness (QED) is 0.539. The minimum absolute atomic E-state index is 0.184. The Balaban J connectivity index is 1.65. The summed E-state index contributed by atoms with van der Waals surface area (Å²) in [5.41, 5.74) is 1.13. The van der Waals surface area contributed by atoms with Crippen LogP contribution in [-0.4, -0.2) is 32.4 Å². The van der Waals surface area contributed by atoms with Gasteiger partial charge in [0.2, 0.25) is 0 Å². The van der Waals surface area contributed by atoms with Crippen molar-refractivity contribution < 1.29 is 4.79 Å². The molecule has 2 aromatic carbocycles. The molecule has 0 aliphatic rings. The van der Waals surface area contributed by atoms with E-state index in [0.29, 0.717) is 29.7 Å². The predicted octanol–water partition coefficient (Wildman–Crippen LogP) is 2.59. The number of thiazole rings is 1. The normalized spacial score (nSPS) is 11.2. The predicted molar refractivity (Wildman–Crippen MR) is 110 cm³/mol. The largest absolute Gasteiger partial charge is 0.335 e. The van der Waals surface area contributed by atoms with E-state index in [2.05, 4.69) is 9.97 Å². The SMILES string of the molecule is CCn1c(=O)c(=O)[nH]c2cc(C(=O)N(C)Cc3nc4ccccc4s3)ccc21. The maximum absolute atomic E-state index is 12.9. The summed E-state index contributed by atoms with van der Waals surface area (Å²) < 4.78 is 2.48. The Kier molecular flexibility index (Phi) is 4.56. The van der Waals surface area contributed by atoms with Gasteiger partial charge in [0.05, 0.1) is 27.8 Å². The number of H-pyrrole nitrogens is 1. The van der Waals surface area contributed by atoms with Gasteiger partial charge in [0.25, 0.3) is 5.91 Å². The number of para-hydroxylation sites is 1. The number of hydrogen-bond donors (Lipinski definition) is 1. The molecule has 0 fully saturated rings. The van der Waals surface area contributed by atoms with Gasteiger partial charge in [0.15, 0.2) is 0 Å². The molecule has 4 aromatic rings. The minimum atomic E-state index is -0.693. The standard InChI is InChI=1S/C20H18N4O3S/c1-3-24-15-9-8-12(10-14(15)22-18(25)20(24)27)19(26)23(2)11-17-21-13-6-4-5-7-16(13)28-17/h4-10H,3,11H2,1-2H3,(H,22,25). The summed E-state index contributed by atoms with van der Waals surface area (Å²) in [5.74, 6) is -0.184. The fraction of sp³-hybridized carbons (Fsp3) is 0.200. The van der Waals surface area contributed by atoms with E-state index in [-0.39, 0.29) is 5.91 Å². The molecule has 1 N–H and O–H groups in total. The number of benzene rings is 2. The first-order valence-electron chi connectivity index (χ1n) is 8.84. The van der Waals surface area contributed by atoms with E-state index in [4.69, 9.17) is 0 Å². The molecule has 0 radical (unpaired) electrons. The fourth-order valence-electron chi connectivity index (χ4n) is 3.21. The van der Waals surface area contributed by atoms with E-state index in [1.807, 2.05) is 24.3 Å². The molecule has 0 aliphatic heterocycles. The van der Waals surface area contributed by atoms with Crippen LogP contribution in [0.4, 0.5) is 0 Å². The summed E-state index contributed by atoms with van der Waals surface area (Å²) in [6.07, 6.45) is 0.